The van der Waals surface area contributed by atoms with Crippen LogP contribution >= 0.6 is 0 Å². The van der Waals surface area contributed by atoms with Crippen molar-refractivity contribution >= 4 is 5.97 Å². The van der Waals surface area contributed by atoms with Gasteiger partial charge in [-0.25, -0.2) is 4.79 Å². The first-order valence-corrected chi connectivity index (χ1v) is 4.18. The topological polar surface area (TPSA) is 83.5 Å². The molecule has 4 N–H and O–H groups in total. The third-order valence-corrected chi connectivity index (χ3v) is 2.22. The van der Waals surface area contributed by atoms with Gasteiger partial charge in [-0.05, 0) is 37.1 Å². The second-order valence-corrected chi connectivity index (χ2v) is 3.51. The van der Waals surface area contributed by atoms with Crippen molar-refractivity contribution in [2.24, 2.45) is 5.73 Å². The van der Waals surface area contributed by atoms with E-state index < -0.39 is 11.5 Å². The molecule has 0 bridgehead atoms. The van der Waals surface area contributed by atoms with E-state index in [1.165, 1.54) is 19.1 Å². The SMILES string of the molecule is Cc1ccc(O)cc1[C@@](C)(N)C(=O)O. The number of rotatable bonds is 2. The minimum atomic E-state index is -1.47. The molecule has 0 aromatic heterocycles. The fourth-order valence-corrected chi connectivity index (χ4v) is 1.28. The maximum atomic E-state index is 10.9. The van der Waals surface area contributed by atoms with E-state index in [0.717, 1.165) is 5.56 Å². The number of aliphatic carboxylic acids is 1. The van der Waals surface area contributed by atoms with Crippen LogP contribution in [-0.2, 0) is 10.3 Å². The first-order valence-electron chi connectivity index (χ1n) is 4.18. The fraction of sp³-hybridized carbons (Fsp3) is 0.300. The summed E-state index contributed by atoms with van der Waals surface area (Å²) in [5, 5.41) is 18.1. The van der Waals surface area contributed by atoms with E-state index in [4.69, 9.17) is 10.8 Å². The van der Waals surface area contributed by atoms with Gasteiger partial charge in [0.05, 0.1) is 0 Å². The molecule has 0 aliphatic carbocycles. The maximum absolute atomic E-state index is 10.9. The van der Waals surface area contributed by atoms with Crippen molar-refractivity contribution in [2.75, 3.05) is 0 Å². The highest BCUT2D eigenvalue weighted by atomic mass is 16.4. The van der Waals surface area contributed by atoms with E-state index in [-0.39, 0.29) is 5.75 Å². The molecule has 0 fully saturated rings. The van der Waals surface area contributed by atoms with Gasteiger partial charge in [-0.1, -0.05) is 6.07 Å². The molecule has 4 heteroatoms. The van der Waals surface area contributed by atoms with Gasteiger partial charge in [-0.15, -0.1) is 0 Å². The molecule has 0 unspecified atom stereocenters. The molecular formula is C10H13NO3. The molecular weight excluding hydrogens is 182 g/mol. The normalized spacial score (nSPS) is 14.8. The lowest BCUT2D eigenvalue weighted by molar-refractivity contribution is -0.143. The standard InChI is InChI=1S/C10H13NO3/c1-6-3-4-7(12)5-8(6)10(2,11)9(13)14/h3-5,12H,11H2,1-2H3,(H,13,14)/t10-/m1/s1. The van der Waals surface area contributed by atoms with Gasteiger partial charge in [0.15, 0.2) is 0 Å². The minimum Gasteiger partial charge on any atom is -0.508 e. The summed E-state index contributed by atoms with van der Waals surface area (Å²) in [6.07, 6.45) is 0. The molecule has 1 rings (SSSR count). The first-order chi connectivity index (χ1) is 6.35. The smallest absolute Gasteiger partial charge is 0.328 e. The summed E-state index contributed by atoms with van der Waals surface area (Å²) in [6.45, 7) is 3.15. The van der Waals surface area contributed by atoms with Gasteiger partial charge < -0.3 is 15.9 Å². The van der Waals surface area contributed by atoms with Crippen LogP contribution in [0.15, 0.2) is 18.2 Å². The highest BCUT2D eigenvalue weighted by molar-refractivity contribution is 5.80. The summed E-state index contributed by atoms with van der Waals surface area (Å²) in [7, 11) is 0. The van der Waals surface area contributed by atoms with Gasteiger partial charge in [0.1, 0.15) is 11.3 Å². The number of aromatic hydroxyl groups is 1. The average Bonchev–Trinajstić information content (AvgIpc) is 2.08. The molecule has 0 spiro atoms. The summed E-state index contributed by atoms with van der Waals surface area (Å²) in [5.41, 5.74) is 5.34. The third kappa shape index (κ3) is 1.70. The fourth-order valence-electron chi connectivity index (χ4n) is 1.28. The third-order valence-electron chi connectivity index (χ3n) is 2.22. The lowest BCUT2D eigenvalue weighted by atomic mass is 9.89. The Morgan fingerprint density at radius 3 is 2.57 bits per heavy atom. The first kappa shape index (κ1) is 10.5. The molecule has 0 aliphatic rings. The second kappa shape index (κ2) is 3.31. The predicted octanol–water partition coefficient (Wildman–Crippen LogP) is 0.959. The van der Waals surface area contributed by atoms with Crippen LogP contribution in [0.25, 0.3) is 0 Å². The van der Waals surface area contributed by atoms with Crippen molar-refractivity contribution in [3.63, 3.8) is 0 Å². The van der Waals surface area contributed by atoms with Crippen LogP contribution in [0.3, 0.4) is 0 Å². The predicted molar refractivity (Wildman–Crippen MR) is 52.0 cm³/mol. The van der Waals surface area contributed by atoms with Crippen LogP contribution in [0.1, 0.15) is 18.1 Å². The molecule has 0 saturated heterocycles. The van der Waals surface area contributed by atoms with E-state index in [9.17, 15) is 9.90 Å². The summed E-state index contributed by atoms with van der Waals surface area (Å²) in [6, 6.07) is 4.51. The number of aryl methyl sites for hydroxylation is 1. The van der Waals surface area contributed by atoms with Crippen LogP contribution in [0.5, 0.6) is 5.75 Å². The van der Waals surface area contributed by atoms with Crippen molar-refractivity contribution in [3.05, 3.63) is 29.3 Å². The summed E-state index contributed by atoms with van der Waals surface area (Å²) < 4.78 is 0. The molecule has 0 saturated carbocycles. The van der Waals surface area contributed by atoms with E-state index in [1.54, 1.807) is 13.0 Å². The Hall–Kier alpha value is -1.55. The molecule has 1 atom stereocenters. The highest BCUT2D eigenvalue weighted by Crippen LogP contribution is 2.25. The highest BCUT2D eigenvalue weighted by Gasteiger charge is 2.31. The maximum Gasteiger partial charge on any atom is 0.328 e. The summed E-state index contributed by atoms with van der Waals surface area (Å²) >= 11 is 0. The van der Waals surface area contributed by atoms with Crippen molar-refractivity contribution in [1.29, 1.82) is 0 Å². The Kier molecular flexibility index (Phi) is 2.49. The molecule has 1 aromatic carbocycles. The van der Waals surface area contributed by atoms with Crippen molar-refractivity contribution in [2.45, 2.75) is 19.4 Å². The van der Waals surface area contributed by atoms with Crippen LogP contribution in [0.4, 0.5) is 0 Å². The van der Waals surface area contributed by atoms with Crippen LogP contribution < -0.4 is 5.73 Å². The van der Waals surface area contributed by atoms with Crippen LogP contribution in [-0.4, -0.2) is 16.2 Å². The second-order valence-electron chi connectivity index (χ2n) is 3.51. The zero-order valence-corrected chi connectivity index (χ0v) is 8.11. The summed E-state index contributed by atoms with van der Waals surface area (Å²) in [5.74, 6) is -1.10. The Bertz CT molecular complexity index is 372. The lowest BCUT2D eigenvalue weighted by Crippen LogP contribution is -2.42. The number of hydrogen-bond donors (Lipinski definition) is 3. The van der Waals surface area contributed by atoms with Crippen molar-refractivity contribution in [1.82, 2.24) is 0 Å². The molecule has 14 heavy (non-hydrogen) atoms. The van der Waals surface area contributed by atoms with Gasteiger partial charge in [-0.3, -0.25) is 0 Å². The molecule has 4 nitrogen and oxygen atoms in total. The Balaban J connectivity index is 3.31. The number of carboxylic acid groups (broad SMARTS) is 1. The summed E-state index contributed by atoms with van der Waals surface area (Å²) in [4.78, 5) is 10.9. The van der Waals surface area contributed by atoms with Crippen LogP contribution in [0, 0.1) is 6.92 Å². The van der Waals surface area contributed by atoms with E-state index in [1.807, 2.05) is 0 Å². The van der Waals surface area contributed by atoms with Gasteiger partial charge in [0, 0.05) is 0 Å². The van der Waals surface area contributed by atoms with E-state index in [0.29, 0.717) is 5.56 Å². The van der Waals surface area contributed by atoms with Crippen molar-refractivity contribution in [3.8, 4) is 5.75 Å². The van der Waals surface area contributed by atoms with E-state index >= 15 is 0 Å². The molecule has 0 radical (unpaired) electrons. The number of carbonyl (C=O) groups is 1. The Labute approximate surface area is 82.0 Å². The van der Waals surface area contributed by atoms with Crippen LogP contribution in [0.2, 0.25) is 0 Å². The number of hydrogen-bond acceptors (Lipinski definition) is 3. The van der Waals surface area contributed by atoms with Gasteiger partial charge in [0.2, 0.25) is 0 Å². The largest absolute Gasteiger partial charge is 0.508 e. The zero-order chi connectivity index (χ0) is 10.9. The molecule has 76 valence electrons. The Morgan fingerprint density at radius 1 is 1.50 bits per heavy atom. The quantitative estimate of drug-likeness (QED) is 0.656. The minimum absolute atomic E-state index is 0.0172. The Morgan fingerprint density at radius 2 is 2.07 bits per heavy atom. The molecule has 0 heterocycles. The number of benzene rings is 1. The average molecular weight is 195 g/mol. The van der Waals surface area contributed by atoms with E-state index in [2.05, 4.69) is 0 Å². The number of phenols is 1. The lowest BCUT2D eigenvalue weighted by Gasteiger charge is -2.21. The number of nitrogens with two attached hydrogens (primary N) is 1. The van der Waals surface area contributed by atoms with Crippen molar-refractivity contribution < 1.29 is 15.0 Å². The molecule has 0 amide bonds. The van der Waals surface area contributed by atoms with Gasteiger partial charge in [-0.2, -0.15) is 0 Å². The number of carboxylic acids is 1. The number of phenolic OH excluding ortho intramolecular Hbond substituents is 1. The van der Waals surface area contributed by atoms with Gasteiger partial charge in [0.25, 0.3) is 0 Å². The zero-order valence-electron chi connectivity index (χ0n) is 8.11. The monoisotopic (exact) mass is 195 g/mol. The molecule has 1 aromatic rings. The molecule has 0 aliphatic heterocycles. The van der Waals surface area contributed by atoms with Gasteiger partial charge >= 0.3 is 5.97 Å².